The molecule has 0 spiro atoms. The molecule has 4 atom stereocenters. The second-order valence-electron chi connectivity index (χ2n) is 14.3. The van der Waals surface area contributed by atoms with Gasteiger partial charge in [-0.3, -0.25) is 9.59 Å². The third kappa shape index (κ3) is 41.4. The summed E-state index contributed by atoms with van der Waals surface area (Å²) in [6.07, 6.45) is -1.75. The van der Waals surface area contributed by atoms with Crippen LogP contribution in [0, 0.1) is 0 Å². The van der Waals surface area contributed by atoms with E-state index in [1.54, 1.807) is 51.1 Å². The summed E-state index contributed by atoms with van der Waals surface area (Å²) in [4.78, 5) is 31.2. The van der Waals surface area contributed by atoms with Crippen LogP contribution >= 0.6 is 0 Å². The van der Waals surface area contributed by atoms with Crippen molar-refractivity contribution in [3.05, 3.63) is 215 Å². The van der Waals surface area contributed by atoms with Gasteiger partial charge >= 0.3 is 19.3 Å². The number of rotatable bonds is 9. The van der Waals surface area contributed by atoms with Gasteiger partial charge in [0, 0.05) is 0 Å². The Morgan fingerprint density at radius 1 is 0.292 bits per heavy atom. The Balaban J connectivity index is -0.000000137. The first kappa shape index (κ1) is 77.1. The Morgan fingerprint density at radius 3 is 0.611 bits per heavy atom. The van der Waals surface area contributed by atoms with Gasteiger partial charge in [0.05, 0.1) is 17.9 Å². The normalized spacial score (nSPS) is 10.4. The van der Waals surface area contributed by atoms with E-state index < -0.39 is 35.8 Å². The number of benzene rings is 6. The Kier molecular flexibility index (Phi) is 59.5. The fourth-order valence-corrected chi connectivity index (χ4v) is 4.95. The summed E-state index contributed by atoms with van der Waals surface area (Å²) in [6, 6.07) is 57.3. The molecule has 8 heteroatoms. The zero-order valence-corrected chi connectivity index (χ0v) is 47.7. The monoisotopic (exact) mass is 996 g/mol. The molecule has 0 saturated heterocycles. The lowest BCUT2D eigenvalue weighted by Gasteiger charge is -2.04. The smallest absolute Gasteiger partial charge is 0.481 e. The molecule has 0 aromatic heterocycles. The number of hydrogen-bond acceptors (Lipinski definition) is 5. The predicted molar refractivity (Wildman–Crippen MR) is 311 cm³/mol. The van der Waals surface area contributed by atoms with E-state index in [0.717, 1.165) is 16.7 Å². The zero-order valence-electron chi connectivity index (χ0n) is 48.7. The van der Waals surface area contributed by atoms with E-state index >= 15 is 0 Å². The minimum absolute atomic E-state index is 0. The summed E-state index contributed by atoms with van der Waals surface area (Å²) < 4.78 is 0. The first-order valence-electron chi connectivity index (χ1n) is 25.9. The lowest BCUT2D eigenvalue weighted by Crippen LogP contribution is -2.09. The molecule has 0 bridgehead atoms. The Bertz CT molecular complexity index is 1760. The van der Waals surface area contributed by atoms with Gasteiger partial charge < -0.3 is 25.5 Å². The van der Waals surface area contributed by atoms with Gasteiger partial charge in [-0.1, -0.05) is 293 Å². The lowest BCUT2D eigenvalue weighted by molar-refractivity contribution is -0.147. The molecule has 6 aromatic rings. The van der Waals surface area contributed by atoms with Crippen LogP contribution < -0.4 is 0 Å². The zero-order chi connectivity index (χ0) is 56.9. The molecular weight excluding hydrogens is 897 g/mol. The van der Waals surface area contributed by atoms with Crippen LogP contribution in [0.3, 0.4) is 0 Å². The van der Waals surface area contributed by atoms with Crippen LogP contribution in [0.4, 0.5) is 0 Å². The third-order valence-electron chi connectivity index (χ3n) is 8.90. The molecule has 0 saturated carbocycles. The predicted octanol–water partition coefficient (Wildman–Crippen LogP) is 18.2. The van der Waals surface area contributed by atoms with E-state index in [2.05, 4.69) is 76.2 Å². The van der Waals surface area contributed by atoms with Gasteiger partial charge in [0.1, 0.15) is 0 Å². The maximum Gasteiger partial charge on any atom is 1.00 e. The quantitative estimate of drug-likeness (QED) is 0.0960. The van der Waals surface area contributed by atoms with Crippen molar-refractivity contribution in [2.75, 3.05) is 0 Å². The van der Waals surface area contributed by atoms with E-state index in [1.807, 2.05) is 186 Å². The molecule has 8 nitrogen and oxygen atoms in total. The number of carboxylic acids is 3. The van der Waals surface area contributed by atoms with E-state index in [1.165, 1.54) is 11.1 Å². The number of carbonyl (C=O) groups is 3. The summed E-state index contributed by atoms with van der Waals surface area (Å²) in [7, 11) is 0. The largest absolute Gasteiger partial charge is 1.00 e. The molecular formula is C64H99O8+. The summed E-state index contributed by atoms with van der Waals surface area (Å²) in [5, 5.41) is 43.7. The molecule has 6 aromatic carbocycles. The molecule has 402 valence electrons. The lowest BCUT2D eigenvalue weighted by atomic mass is 10.0. The van der Waals surface area contributed by atoms with Gasteiger partial charge in [-0.2, -0.15) is 0 Å². The summed E-state index contributed by atoms with van der Waals surface area (Å²) in [5.74, 6) is -2.28. The number of carboxylic acid groups (broad SMARTS) is 3. The van der Waals surface area contributed by atoms with Crippen molar-refractivity contribution in [3.8, 4) is 0 Å². The van der Waals surface area contributed by atoms with Crippen molar-refractivity contribution in [2.45, 2.75) is 167 Å². The molecule has 72 heavy (non-hydrogen) atoms. The Morgan fingerprint density at radius 2 is 0.472 bits per heavy atom. The molecule has 0 aliphatic carbocycles. The number of aliphatic carboxylic acids is 3. The SMILES string of the molecule is CC.CC.CC.CC.CC.CC.CC(C(=O)O)c1ccccc1.CC(C(=O)O)c1ccccc1.CC(C)c1ccccc1.CC(C)c1ccccc1.CC(O)c1ccccc1.O=C(O)C(O)c1ccccc1.[H+]. The van der Waals surface area contributed by atoms with Crippen LogP contribution in [0.2, 0.25) is 0 Å². The van der Waals surface area contributed by atoms with Crippen LogP contribution in [0.1, 0.15) is 202 Å². The average Bonchev–Trinajstić information content (AvgIpc) is 3.45. The molecule has 0 radical (unpaired) electrons. The Hall–Kier alpha value is -6.35. The maximum absolute atomic E-state index is 10.5. The highest BCUT2D eigenvalue weighted by Gasteiger charge is 2.14. The van der Waals surface area contributed by atoms with Gasteiger partial charge in [-0.25, -0.2) is 4.79 Å². The van der Waals surface area contributed by atoms with E-state index in [-0.39, 0.29) is 7.53 Å². The van der Waals surface area contributed by atoms with E-state index in [4.69, 9.17) is 25.5 Å². The first-order chi connectivity index (χ1) is 34.6. The van der Waals surface area contributed by atoms with Crippen molar-refractivity contribution in [1.82, 2.24) is 0 Å². The minimum Gasteiger partial charge on any atom is -0.481 e. The van der Waals surface area contributed by atoms with Crippen LogP contribution in [-0.2, 0) is 14.4 Å². The molecule has 0 aliphatic rings. The fraction of sp³-hybridized carbons (Fsp3) is 0.391. The highest BCUT2D eigenvalue weighted by Crippen LogP contribution is 2.16. The molecule has 0 amide bonds. The van der Waals surface area contributed by atoms with Crippen molar-refractivity contribution in [3.63, 3.8) is 0 Å². The standard InChI is InChI=1S/2C9H10O2.2C9H12.C8H8O3.C8H10O.6C2H6/c2*1-7(9(10)11)8-5-3-2-4-6-8;2*1-8(2)9-6-4-3-5-7-9;9-7(8(10)11)6-4-2-1-3-5-6;1-7(9)8-5-3-2-4-6-8;6*1-2/h2*2-7H,1H3,(H,10,11);2*3-8H,1-2H3;1-5,7,9H,(H,10,11);2-7,9H,1H3;6*1-2H3/p+1. The van der Waals surface area contributed by atoms with E-state index in [9.17, 15) is 14.4 Å². The minimum atomic E-state index is -1.41. The number of aliphatic hydroxyl groups excluding tert-OH is 2. The molecule has 5 N–H and O–H groups in total. The highest BCUT2D eigenvalue weighted by atomic mass is 16.4. The number of hydrogen-bond donors (Lipinski definition) is 5. The third-order valence-corrected chi connectivity index (χ3v) is 8.90. The first-order valence-corrected chi connectivity index (χ1v) is 25.9. The van der Waals surface area contributed by atoms with Crippen molar-refractivity contribution in [1.29, 1.82) is 0 Å². The average molecular weight is 996 g/mol. The molecule has 4 unspecified atom stereocenters. The second-order valence-corrected chi connectivity index (χ2v) is 14.3. The van der Waals surface area contributed by atoms with Crippen LogP contribution in [0.15, 0.2) is 182 Å². The second kappa shape index (κ2) is 55.6. The fourth-order valence-electron chi connectivity index (χ4n) is 4.95. The van der Waals surface area contributed by atoms with E-state index in [0.29, 0.717) is 17.4 Å². The topological polar surface area (TPSA) is 152 Å². The Labute approximate surface area is 440 Å². The van der Waals surface area contributed by atoms with Gasteiger partial charge in [0.15, 0.2) is 6.10 Å². The summed E-state index contributed by atoms with van der Waals surface area (Å²) >= 11 is 0. The number of aliphatic hydroxyl groups is 2. The van der Waals surface area contributed by atoms with Crippen molar-refractivity contribution >= 4 is 17.9 Å². The highest BCUT2D eigenvalue weighted by molar-refractivity contribution is 5.76. The molecule has 6 rings (SSSR count). The van der Waals surface area contributed by atoms with Crippen molar-refractivity contribution in [2.24, 2.45) is 0 Å². The summed E-state index contributed by atoms with van der Waals surface area (Å²) in [5.41, 5.74) is 5.90. The summed E-state index contributed by atoms with van der Waals surface area (Å²) in [6.45, 7) is 37.9. The van der Waals surface area contributed by atoms with Gasteiger partial charge in [0.25, 0.3) is 0 Å². The van der Waals surface area contributed by atoms with Gasteiger partial charge in [-0.05, 0) is 66.0 Å². The maximum atomic E-state index is 10.5. The van der Waals surface area contributed by atoms with Gasteiger partial charge in [0.2, 0.25) is 0 Å². The van der Waals surface area contributed by atoms with Gasteiger partial charge in [-0.15, -0.1) is 0 Å². The molecule has 0 heterocycles. The molecule has 0 fully saturated rings. The van der Waals surface area contributed by atoms with Crippen molar-refractivity contribution < 1.29 is 41.3 Å². The van der Waals surface area contributed by atoms with Crippen LogP contribution in [0.5, 0.6) is 0 Å². The van der Waals surface area contributed by atoms with Crippen LogP contribution in [-0.4, -0.2) is 43.4 Å². The van der Waals surface area contributed by atoms with Crippen LogP contribution in [0.25, 0.3) is 0 Å². The molecule has 0 aliphatic heterocycles.